The molecule has 0 bridgehead atoms. The highest BCUT2D eigenvalue weighted by atomic mass is 16.1. The maximum atomic E-state index is 10.0. The van der Waals surface area contributed by atoms with Crippen molar-refractivity contribution in [1.29, 1.82) is 5.41 Å². The molecule has 0 heterocycles. The van der Waals surface area contributed by atoms with Gasteiger partial charge in [-0.1, -0.05) is 6.92 Å². The van der Waals surface area contributed by atoms with Crippen molar-refractivity contribution < 1.29 is 4.79 Å². The van der Waals surface area contributed by atoms with E-state index in [1.807, 2.05) is 0 Å². The molecule has 0 aromatic carbocycles. The highest BCUT2D eigenvalue weighted by Gasteiger charge is 2.16. The molecule has 0 atom stereocenters. The smallest absolute Gasteiger partial charge is 0.207 e. The molecule has 0 radical (unpaired) electrons. The Hall–Kier alpha value is -1.39. The Labute approximate surface area is 97.0 Å². The van der Waals surface area contributed by atoms with Crippen LogP contribution in [-0.4, -0.2) is 24.6 Å². The Morgan fingerprint density at radius 2 is 2.00 bits per heavy atom. The molecule has 92 valence electrons. The summed E-state index contributed by atoms with van der Waals surface area (Å²) in [7, 11) is 0. The zero-order valence-electron chi connectivity index (χ0n) is 10.1. The van der Waals surface area contributed by atoms with Gasteiger partial charge >= 0.3 is 0 Å². The number of amides is 1. The molecular weight excluding hydrogens is 204 g/mol. The van der Waals surface area contributed by atoms with E-state index >= 15 is 0 Å². The first kappa shape index (κ1) is 14.6. The first-order chi connectivity index (χ1) is 7.60. The van der Waals surface area contributed by atoms with Gasteiger partial charge in [-0.2, -0.15) is 0 Å². The molecule has 0 saturated heterocycles. The normalized spacial score (nSPS) is 25.0. The van der Waals surface area contributed by atoms with Gasteiger partial charge in [0.25, 0.3) is 0 Å². The second-order valence-corrected chi connectivity index (χ2v) is 4.14. The molecule has 5 heteroatoms. The fourth-order valence-corrected chi connectivity index (χ4v) is 1.62. The number of aliphatic imine (C=N–C) groups is 1. The second kappa shape index (κ2) is 8.88. The molecule has 16 heavy (non-hydrogen) atoms. The summed E-state index contributed by atoms with van der Waals surface area (Å²) >= 11 is 0. The topological polar surface area (TPSA) is 91.3 Å². The number of rotatable bonds is 3. The third-order valence-corrected chi connectivity index (χ3v) is 2.59. The van der Waals surface area contributed by atoms with Gasteiger partial charge in [0, 0.05) is 6.04 Å². The van der Waals surface area contributed by atoms with Crippen molar-refractivity contribution in [3.63, 3.8) is 0 Å². The zero-order chi connectivity index (χ0) is 12.4. The van der Waals surface area contributed by atoms with Crippen LogP contribution in [0.4, 0.5) is 0 Å². The van der Waals surface area contributed by atoms with E-state index in [1.165, 1.54) is 25.7 Å². The molecule has 1 rings (SSSR count). The summed E-state index contributed by atoms with van der Waals surface area (Å²) < 4.78 is 0. The fourth-order valence-electron chi connectivity index (χ4n) is 1.62. The van der Waals surface area contributed by atoms with Crippen molar-refractivity contribution in [2.45, 2.75) is 45.6 Å². The second-order valence-electron chi connectivity index (χ2n) is 4.14. The minimum Gasteiger partial charge on any atom is -0.387 e. The number of hydrogen-bond donors (Lipinski definition) is 3. The average Bonchev–Trinajstić information content (AvgIpc) is 2.22. The van der Waals surface area contributed by atoms with Gasteiger partial charge in [-0.3, -0.25) is 10.2 Å². The lowest BCUT2D eigenvalue weighted by Crippen LogP contribution is -2.31. The van der Waals surface area contributed by atoms with Gasteiger partial charge in [0.1, 0.15) is 6.34 Å². The minimum absolute atomic E-state index is 0.421. The van der Waals surface area contributed by atoms with Crippen molar-refractivity contribution in [3.8, 4) is 0 Å². The summed E-state index contributed by atoms with van der Waals surface area (Å²) in [5.74, 6) is 1.29. The number of carbonyl (C=O) groups excluding carboxylic acids is 1. The Morgan fingerprint density at radius 1 is 1.44 bits per heavy atom. The predicted octanol–water partition coefficient (Wildman–Crippen LogP) is 1.28. The highest BCUT2D eigenvalue weighted by Crippen LogP contribution is 2.22. The van der Waals surface area contributed by atoms with Crippen molar-refractivity contribution >= 4 is 18.6 Å². The lowest BCUT2D eigenvalue weighted by molar-refractivity contribution is -0.110. The lowest BCUT2D eigenvalue weighted by Gasteiger charge is -2.25. The molecule has 0 unspecified atom stereocenters. The molecule has 0 aliphatic heterocycles. The Kier molecular flexibility index (Phi) is 8.11. The highest BCUT2D eigenvalue weighted by molar-refractivity contribution is 5.84. The van der Waals surface area contributed by atoms with Gasteiger partial charge in [-0.25, -0.2) is 4.99 Å². The van der Waals surface area contributed by atoms with Gasteiger partial charge in [0.2, 0.25) is 6.41 Å². The quantitative estimate of drug-likeness (QED) is 0.384. The monoisotopic (exact) mass is 226 g/mol. The van der Waals surface area contributed by atoms with E-state index in [-0.39, 0.29) is 0 Å². The Balaban J connectivity index is 0.000000325. The average molecular weight is 226 g/mol. The van der Waals surface area contributed by atoms with Gasteiger partial charge in [-0.15, -0.1) is 0 Å². The van der Waals surface area contributed by atoms with Crippen LogP contribution in [0.5, 0.6) is 0 Å². The van der Waals surface area contributed by atoms with E-state index in [0.29, 0.717) is 11.9 Å². The van der Waals surface area contributed by atoms with E-state index in [9.17, 15) is 4.79 Å². The number of carbonyl (C=O) groups is 1. The number of hydrogen-bond acceptors (Lipinski definition) is 2. The van der Waals surface area contributed by atoms with Crippen LogP contribution < -0.4 is 11.1 Å². The van der Waals surface area contributed by atoms with Crippen LogP contribution in [0.15, 0.2) is 4.99 Å². The standard InChI is InChI=1S/C8H15NO.C3H7N3/c1-7-2-4-8(5-3-7)9-6-10;1-3(5)6-2-4/h6-8H,2-5H2,1H3,(H,9,10);2H,1H3,(H3,4,5,6). The maximum absolute atomic E-state index is 10.0. The van der Waals surface area contributed by atoms with Crippen LogP contribution in [0.2, 0.25) is 0 Å². The van der Waals surface area contributed by atoms with E-state index in [4.69, 9.17) is 11.1 Å². The summed E-state index contributed by atoms with van der Waals surface area (Å²) in [6, 6.07) is 0.466. The van der Waals surface area contributed by atoms with Crippen molar-refractivity contribution in [1.82, 2.24) is 5.32 Å². The number of nitrogens with zero attached hydrogens (tertiary/aromatic N) is 1. The third-order valence-electron chi connectivity index (χ3n) is 2.59. The van der Waals surface area contributed by atoms with Gasteiger partial charge in [0.05, 0.1) is 5.84 Å². The van der Waals surface area contributed by atoms with Crippen molar-refractivity contribution in [2.24, 2.45) is 16.6 Å². The Morgan fingerprint density at radius 3 is 2.31 bits per heavy atom. The fraction of sp³-hybridized carbons (Fsp3) is 0.727. The summed E-state index contributed by atoms with van der Waals surface area (Å²) in [4.78, 5) is 13.4. The molecule has 1 amide bonds. The molecule has 0 aromatic rings. The van der Waals surface area contributed by atoms with E-state index in [0.717, 1.165) is 18.7 Å². The summed E-state index contributed by atoms with van der Waals surface area (Å²) in [6.45, 7) is 3.90. The van der Waals surface area contributed by atoms with Gasteiger partial charge in [-0.05, 0) is 38.5 Å². The van der Waals surface area contributed by atoms with Crippen LogP contribution in [0.25, 0.3) is 0 Å². The first-order valence-corrected chi connectivity index (χ1v) is 5.58. The van der Waals surface area contributed by atoms with E-state index in [2.05, 4.69) is 17.2 Å². The molecule has 1 fully saturated rings. The summed E-state index contributed by atoms with van der Waals surface area (Å²) in [5.41, 5.74) is 5.00. The molecule has 1 aliphatic carbocycles. The lowest BCUT2D eigenvalue weighted by atomic mass is 9.87. The van der Waals surface area contributed by atoms with Crippen molar-refractivity contribution in [3.05, 3.63) is 0 Å². The summed E-state index contributed by atoms with van der Waals surface area (Å²) in [5, 5.41) is 9.16. The zero-order valence-corrected chi connectivity index (χ0v) is 10.1. The van der Waals surface area contributed by atoms with Gasteiger partial charge < -0.3 is 11.1 Å². The molecule has 1 saturated carbocycles. The third kappa shape index (κ3) is 7.96. The van der Waals surface area contributed by atoms with Crippen LogP contribution >= 0.6 is 0 Å². The number of amidine groups is 1. The largest absolute Gasteiger partial charge is 0.387 e. The number of nitrogens with one attached hydrogen (secondary N) is 2. The number of nitrogens with two attached hydrogens (primary N) is 1. The van der Waals surface area contributed by atoms with Crippen LogP contribution in [-0.2, 0) is 4.79 Å². The predicted molar refractivity (Wildman–Crippen MR) is 66.7 cm³/mol. The first-order valence-electron chi connectivity index (χ1n) is 5.58. The molecule has 0 aromatic heterocycles. The minimum atomic E-state index is 0.421. The molecular formula is C11H22N4O. The Bertz CT molecular complexity index is 228. The van der Waals surface area contributed by atoms with Crippen molar-refractivity contribution in [2.75, 3.05) is 0 Å². The maximum Gasteiger partial charge on any atom is 0.207 e. The molecule has 4 N–H and O–H groups in total. The van der Waals surface area contributed by atoms with E-state index < -0.39 is 0 Å². The molecule has 1 aliphatic rings. The van der Waals surface area contributed by atoms with Crippen LogP contribution in [0, 0.1) is 11.3 Å². The van der Waals surface area contributed by atoms with E-state index in [1.54, 1.807) is 6.92 Å². The summed E-state index contributed by atoms with van der Waals surface area (Å²) in [6.07, 6.45) is 6.60. The van der Waals surface area contributed by atoms with Crippen LogP contribution in [0.1, 0.15) is 39.5 Å². The van der Waals surface area contributed by atoms with Gasteiger partial charge in [0.15, 0.2) is 0 Å². The molecule has 5 nitrogen and oxygen atoms in total. The van der Waals surface area contributed by atoms with Crippen LogP contribution in [0.3, 0.4) is 0 Å². The molecule has 0 spiro atoms. The SMILES string of the molecule is CC(N)=NC=N.CC1CCC(NC=O)CC1.